The second-order valence-electron chi connectivity index (χ2n) is 6.06. The molecule has 0 aliphatic rings. The molecule has 0 aliphatic heterocycles. The Balaban J connectivity index is 3.64. The van der Waals surface area contributed by atoms with Gasteiger partial charge in [0.25, 0.3) is 0 Å². The van der Waals surface area contributed by atoms with Crippen molar-refractivity contribution in [3.63, 3.8) is 0 Å². The third-order valence-corrected chi connectivity index (χ3v) is 3.31. The molecule has 0 aliphatic carbocycles. The van der Waals surface area contributed by atoms with Crippen molar-refractivity contribution in [2.45, 2.75) is 47.1 Å². The van der Waals surface area contributed by atoms with Crippen LogP contribution in [-0.2, 0) is 4.74 Å². The Hall–Kier alpha value is -1.77. The fourth-order valence-corrected chi connectivity index (χ4v) is 2.48. The quantitative estimate of drug-likeness (QED) is 0.488. The van der Waals surface area contributed by atoms with Gasteiger partial charge in [-0.05, 0) is 63.7 Å². The van der Waals surface area contributed by atoms with Gasteiger partial charge < -0.3 is 14.8 Å². The van der Waals surface area contributed by atoms with E-state index in [0.717, 1.165) is 0 Å². The van der Waals surface area contributed by atoms with Crippen LogP contribution in [0.3, 0.4) is 0 Å². The van der Waals surface area contributed by atoms with Gasteiger partial charge in [-0.2, -0.15) is 0 Å². The third kappa shape index (κ3) is 3.47. The monoisotopic (exact) mass is 288 g/mol. The van der Waals surface area contributed by atoms with Crippen molar-refractivity contribution in [2.75, 3.05) is 0 Å². The number of rotatable bonds is 2. The Bertz CT molecular complexity index is 619. The summed E-state index contributed by atoms with van der Waals surface area (Å²) in [6.45, 7) is 10.4. The second-order valence-corrected chi connectivity index (χ2v) is 6.06. The first-order valence-electron chi connectivity index (χ1n) is 6.71. The lowest BCUT2D eigenvalue weighted by Crippen LogP contribution is -2.37. The van der Waals surface area contributed by atoms with Crippen molar-refractivity contribution in [3.8, 4) is 12.3 Å². The van der Waals surface area contributed by atoms with Gasteiger partial charge in [0, 0.05) is 5.56 Å². The fourth-order valence-electron chi connectivity index (χ4n) is 2.48. The summed E-state index contributed by atoms with van der Waals surface area (Å²) < 4.78 is 5.39. The molecule has 0 fully saturated rings. The van der Waals surface area contributed by atoms with Crippen LogP contribution in [0.15, 0.2) is 0 Å². The molecule has 21 heavy (non-hydrogen) atoms. The average Bonchev–Trinajstić information content (AvgIpc) is 2.25. The van der Waals surface area contributed by atoms with Gasteiger partial charge >= 0.3 is 13.1 Å². The van der Waals surface area contributed by atoms with Crippen LogP contribution in [0.5, 0.6) is 0 Å². The Morgan fingerprint density at radius 3 is 2.05 bits per heavy atom. The number of ether oxygens (including phenoxy) is 1. The number of carbonyl (C=O) groups excluding carboxylic acids is 1. The summed E-state index contributed by atoms with van der Waals surface area (Å²) in [5, 5.41) is 19.1. The molecule has 0 atom stereocenters. The van der Waals surface area contributed by atoms with Gasteiger partial charge in [0.2, 0.25) is 0 Å². The minimum absolute atomic E-state index is 0.259. The van der Waals surface area contributed by atoms with Crippen LogP contribution in [0.4, 0.5) is 0 Å². The lowest BCUT2D eigenvalue weighted by molar-refractivity contribution is 0.00680. The molecule has 0 saturated heterocycles. The molecule has 4 nitrogen and oxygen atoms in total. The Morgan fingerprint density at radius 1 is 1.14 bits per heavy atom. The maximum Gasteiger partial charge on any atom is 0.489 e. The van der Waals surface area contributed by atoms with Crippen LogP contribution in [-0.4, -0.2) is 28.7 Å². The van der Waals surface area contributed by atoms with Gasteiger partial charge in [0.15, 0.2) is 0 Å². The van der Waals surface area contributed by atoms with Crippen molar-refractivity contribution in [1.29, 1.82) is 0 Å². The highest BCUT2D eigenvalue weighted by Crippen LogP contribution is 2.23. The van der Waals surface area contributed by atoms with E-state index in [-0.39, 0.29) is 5.46 Å². The maximum atomic E-state index is 12.4. The Labute approximate surface area is 126 Å². The van der Waals surface area contributed by atoms with E-state index in [4.69, 9.17) is 11.2 Å². The van der Waals surface area contributed by atoms with Crippen molar-refractivity contribution in [2.24, 2.45) is 0 Å². The number of hydrogen-bond acceptors (Lipinski definition) is 4. The number of benzene rings is 1. The van der Waals surface area contributed by atoms with Crippen LogP contribution in [0.1, 0.15) is 53.4 Å². The normalized spacial score (nSPS) is 11.0. The predicted octanol–water partition coefficient (Wildman–Crippen LogP) is 1.23. The Kier molecular flexibility index (Phi) is 4.88. The number of terminal acetylenes is 1. The van der Waals surface area contributed by atoms with Gasteiger partial charge in [-0.15, -0.1) is 6.42 Å². The number of esters is 1. The van der Waals surface area contributed by atoms with E-state index in [1.807, 2.05) is 0 Å². The standard InChI is InChI=1S/C16H21BO4/c1-8-12-9(2)13(15(18)21-16(5,6)7)11(4)14(10(12)3)17(19)20/h1,19-20H,2-7H3. The summed E-state index contributed by atoms with van der Waals surface area (Å²) in [7, 11) is -1.70. The predicted molar refractivity (Wildman–Crippen MR) is 83.6 cm³/mol. The SMILES string of the molecule is C#Cc1c(C)c(B(O)O)c(C)c(C(=O)OC(C)(C)C)c1C. The van der Waals surface area contributed by atoms with E-state index in [0.29, 0.717) is 27.8 Å². The molecule has 1 aromatic carbocycles. The van der Waals surface area contributed by atoms with Crippen molar-refractivity contribution in [3.05, 3.63) is 27.8 Å². The lowest BCUT2D eigenvalue weighted by atomic mass is 9.70. The lowest BCUT2D eigenvalue weighted by Gasteiger charge is -2.23. The first-order valence-corrected chi connectivity index (χ1v) is 6.71. The minimum atomic E-state index is -1.70. The van der Waals surface area contributed by atoms with Crippen LogP contribution in [0.2, 0.25) is 0 Å². The first kappa shape index (κ1) is 17.3. The largest absolute Gasteiger partial charge is 0.489 e. The zero-order chi connectivity index (χ0) is 16.5. The van der Waals surface area contributed by atoms with E-state index in [1.165, 1.54) is 0 Å². The van der Waals surface area contributed by atoms with Crippen LogP contribution in [0, 0.1) is 33.1 Å². The molecule has 1 rings (SSSR count). The average molecular weight is 288 g/mol. The van der Waals surface area contributed by atoms with Crippen molar-refractivity contribution >= 4 is 18.6 Å². The fraction of sp³-hybridized carbons (Fsp3) is 0.438. The molecule has 0 amide bonds. The molecule has 5 heteroatoms. The molecular formula is C16H21BO4. The molecule has 0 unspecified atom stereocenters. The van der Waals surface area contributed by atoms with E-state index in [1.54, 1.807) is 41.5 Å². The zero-order valence-corrected chi connectivity index (χ0v) is 13.4. The zero-order valence-electron chi connectivity index (χ0n) is 13.4. The molecule has 0 bridgehead atoms. The molecule has 2 N–H and O–H groups in total. The molecule has 1 aromatic rings. The molecule has 0 radical (unpaired) electrons. The first-order chi connectivity index (χ1) is 9.51. The molecule has 0 spiro atoms. The second kappa shape index (κ2) is 5.93. The van der Waals surface area contributed by atoms with Gasteiger partial charge in [-0.3, -0.25) is 0 Å². The molecular weight excluding hydrogens is 267 g/mol. The van der Waals surface area contributed by atoms with E-state index in [9.17, 15) is 14.8 Å². The van der Waals surface area contributed by atoms with E-state index in [2.05, 4.69) is 5.92 Å². The summed E-state index contributed by atoms with van der Waals surface area (Å²) in [4.78, 5) is 12.4. The summed E-state index contributed by atoms with van der Waals surface area (Å²) in [5.74, 6) is 2.00. The van der Waals surface area contributed by atoms with E-state index >= 15 is 0 Å². The van der Waals surface area contributed by atoms with E-state index < -0.39 is 18.7 Å². The highest BCUT2D eigenvalue weighted by molar-refractivity contribution is 6.60. The molecule has 0 aromatic heterocycles. The third-order valence-electron chi connectivity index (χ3n) is 3.31. The van der Waals surface area contributed by atoms with Gasteiger partial charge in [-0.1, -0.05) is 5.92 Å². The summed E-state index contributed by atoms with van der Waals surface area (Å²) >= 11 is 0. The van der Waals surface area contributed by atoms with Crippen LogP contribution < -0.4 is 5.46 Å². The topological polar surface area (TPSA) is 66.8 Å². The van der Waals surface area contributed by atoms with Gasteiger partial charge in [-0.25, -0.2) is 4.79 Å². The van der Waals surface area contributed by atoms with Crippen LogP contribution in [0.25, 0.3) is 0 Å². The number of hydrogen-bond donors (Lipinski definition) is 2. The highest BCUT2D eigenvalue weighted by Gasteiger charge is 2.28. The molecule has 0 saturated carbocycles. The van der Waals surface area contributed by atoms with Crippen molar-refractivity contribution < 1.29 is 19.6 Å². The highest BCUT2D eigenvalue weighted by atomic mass is 16.6. The minimum Gasteiger partial charge on any atom is -0.456 e. The summed E-state index contributed by atoms with van der Waals surface area (Å²) in [5.41, 5.74) is 2.09. The van der Waals surface area contributed by atoms with Gasteiger partial charge in [0.05, 0.1) is 5.56 Å². The maximum absolute atomic E-state index is 12.4. The van der Waals surface area contributed by atoms with Gasteiger partial charge in [0.1, 0.15) is 5.60 Å². The summed E-state index contributed by atoms with van der Waals surface area (Å²) in [6, 6.07) is 0. The molecule has 0 heterocycles. The Morgan fingerprint density at radius 2 is 1.67 bits per heavy atom. The number of carbonyl (C=O) groups is 1. The van der Waals surface area contributed by atoms with Crippen molar-refractivity contribution in [1.82, 2.24) is 0 Å². The smallest absolute Gasteiger partial charge is 0.456 e. The molecule has 112 valence electrons. The summed E-state index contributed by atoms with van der Waals surface area (Å²) in [6.07, 6.45) is 5.50. The van der Waals surface area contributed by atoms with Crippen LogP contribution >= 0.6 is 0 Å².